The van der Waals surface area contributed by atoms with Crippen molar-refractivity contribution in [3.8, 4) is 23.0 Å². The highest BCUT2D eigenvalue weighted by atomic mass is 16.6. The number of hydrogen-bond acceptors (Lipinski definition) is 14. The molecule has 3 aromatic rings. The minimum absolute atomic E-state index is 0.155. The van der Waals surface area contributed by atoms with Gasteiger partial charge in [0, 0.05) is 24.0 Å². The molecule has 0 aliphatic heterocycles. The minimum Gasteiger partial charge on any atom is -0.507 e. The largest absolute Gasteiger partial charge is 0.507 e. The standard InChI is InChI=1S/C34H35NO14/c1-35-31(44)34(49-28(42)12-8-19-7-10-22(36)25(39)14-19)27(41)17-33(47,32(45)46)21(13-18-5-3-2-4-6-18)30(34)48-29(43)16-24(38)20-9-11-23(37)26(40)15-20/h2-12,14-16,21,27,30-31,35-41,44,47H,13,17H2,1H3,(H,45,46)/b12-8+,24-16-/t21-,27-,30-,31-,33-,34+/m1/s1. The maximum absolute atomic E-state index is 13.4. The second-order valence-corrected chi connectivity index (χ2v) is 11.4. The Morgan fingerprint density at radius 3 is 2.14 bits per heavy atom. The Morgan fingerprint density at radius 1 is 0.918 bits per heavy atom. The first-order valence-corrected chi connectivity index (χ1v) is 14.7. The third-order valence-electron chi connectivity index (χ3n) is 8.28. The van der Waals surface area contributed by atoms with Crippen molar-refractivity contribution in [3.05, 3.63) is 95.6 Å². The molecule has 0 bridgehead atoms. The van der Waals surface area contributed by atoms with Crippen LogP contribution in [0.15, 0.2) is 78.9 Å². The SMILES string of the molecule is CN[C@H](O)[C@]1(OC(=O)/C=C/c2ccc(O)c(O)c2)[C@H](O)C[C@](O)(C(=O)O)[C@H](Cc2ccccc2)[C@H]1OC(=O)/C=C(\O)c1ccc(O)c(O)c1. The number of phenols is 4. The summed E-state index contributed by atoms with van der Waals surface area (Å²) in [6, 6.07) is 14.8. The van der Waals surface area contributed by atoms with Crippen molar-refractivity contribution in [2.45, 2.75) is 42.5 Å². The lowest BCUT2D eigenvalue weighted by molar-refractivity contribution is -0.284. The Hall–Kier alpha value is -5.61. The molecule has 3 aromatic carbocycles. The van der Waals surface area contributed by atoms with Gasteiger partial charge in [-0.1, -0.05) is 36.4 Å². The van der Waals surface area contributed by atoms with E-state index in [1.54, 1.807) is 30.3 Å². The Balaban J connectivity index is 1.84. The van der Waals surface area contributed by atoms with Gasteiger partial charge in [-0.05, 0) is 61.0 Å². The quantitative estimate of drug-likeness (QED) is 0.0449. The summed E-state index contributed by atoms with van der Waals surface area (Å²) in [7, 11) is 1.20. The molecule has 1 aliphatic rings. The van der Waals surface area contributed by atoms with Crippen LogP contribution in [0.2, 0.25) is 0 Å². The van der Waals surface area contributed by atoms with Crippen molar-refractivity contribution in [3.63, 3.8) is 0 Å². The van der Waals surface area contributed by atoms with Crippen LogP contribution in [-0.4, -0.2) is 101 Å². The molecule has 0 saturated heterocycles. The number of nitrogens with one attached hydrogen (secondary N) is 1. The summed E-state index contributed by atoms with van der Waals surface area (Å²) in [6.45, 7) is 0. The molecule has 0 unspecified atom stereocenters. The summed E-state index contributed by atoms with van der Waals surface area (Å²) in [4.78, 5) is 39.4. The number of aromatic hydroxyl groups is 4. The minimum atomic E-state index is -2.84. The first-order chi connectivity index (χ1) is 23.1. The van der Waals surface area contributed by atoms with Crippen molar-refractivity contribution < 1.29 is 69.8 Å². The van der Waals surface area contributed by atoms with E-state index in [4.69, 9.17) is 9.47 Å². The van der Waals surface area contributed by atoms with Crippen LogP contribution in [0.5, 0.6) is 23.0 Å². The molecule has 10 N–H and O–H groups in total. The number of carbonyl (C=O) groups is 3. The van der Waals surface area contributed by atoms with Crippen molar-refractivity contribution in [1.82, 2.24) is 5.32 Å². The average Bonchev–Trinajstić information content (AvgIpc) is 3.06. The molecule has 49 heavy (non-hydrogen) atoms. The molecular formula is C34H35NO14. The van der Waals surface area contributed by atoms with Gasteiger partial charge in [-0.15, -0.1) is 0 Å². The van der Waals surface area contributed by atoms with Crippen LogP contribution in [0.1, 0.15) is 23.1 Å². The molecule has 15 nitrogen and oxygen atoms in total. The second-order valence-electron chi connectivity index (χ2n) is 11.4. The van der Waals surface area contributed by atoms with Gasteiger partial charge in [0.1, 0.15) is 11.9 Å². The Kier molecular flexibility index (Phi) is 10.8. The van der Waals surface area contributed by atoms with Crippen LogP contribution in [0.3, 0.4) is 0 Å². The van der Waals surface area contributed by atoms with E-state index in [2.05, 4.69) is 5.32 Å². The van der Waals surface area contributed by atoms with E-state index in [-0.39, 0.29) is 17.5 Å². The second kappa shape index (κ2) is 14.7. The molecule has 0 heterocycles. The predicted octanol–water partition coefficient (Wildman–Crippen LogP) is 1.29. The van der Waals surface area contributed by atoms with Gasteiger partial charge < -0.3 is 55.4 Å². The van der Waals surface area contributed by atoms with Crippen molar-refractivity contribution >= 4 is 29.7 Å². The zero-order valence-corrected chi connectivity index (χ0v) is 25.9. The van der Waals surface area contributed by atoms with Gasteiger partial charge in [0.15, 0.2) is 40.9 Å². The highest BCUT2D eigenvalue weighted by Crippen LogP contribution is 2.47. The molecule has 6 atom stereocenters. The van der Waals surface area contributed by atoms with Gasteiger partial charge in [-0.2, -0.15) is 0 Å². The van der Waals surface area contributed by atoms with Gasteiger partial charge in [0.25, 0.3) is 0 Å². The summed E-state index contributed by atoms with van der Waals surface area (Å²) in [5, 5.41) is 96.4. The molecular weight excluding hydrogens is 646 g/mol. The number of aliphatic hydroxyl groups is 4. The lowest BCUT2D eigenvalue weighted by Crippen LogP contribution is -2.76. The van der Waals surface area contributed by atoms with Crippen molar-refractivity contribution in [2.24, 2.45) is 5.92 Å². The Morgan fingerprint density at radius 2 is 1.55 bits per heavy atom. The number of aliphatic hydroxyl groups excluding tert-OH is 3. The van der Waals surface area contributed by atoms with Crippen molar-refractivity contribution in [2.75, 3.05) is 7.05 Å². The Labute approximate surface area is 278 Å². The highest BCUT2D eigenvalue weighted by molar-refractivity contribution is 5.90. The monoisotopic (exact) mass is 681 g/mol. The number of carbonyl (C=O) groups excluding carboxylic acids is 2. The number of carboxylic acid groups (broad SMARTS) is 1. The lowest BCUT2D eigenvalue weighted by Gasteiger charge is -2.54. The maximum atomic E-state index is 13.4. The van der Waals surface area contributed by atoms with Crippen LogP contribution < -0.4 is 5.32 Å². The summed E-state index contributed by atoms with van der Waals surface area (Å²) in [6.07, 6.45) is -5.28. The van der Waals surface area contributed by atoms with Gasteiger partial charge in [-0.25, -0.2) is 14.4 Å². The zero-order chi connectivity index (χ0) is 36.1. The van der Waals surface area contributed by atoms with E-state index in [1.165, 1.54) is 13.1 Å². The number of phenolic OH excluding ortho intramolecular Hbond substituents is 4. The number of likely N-dealkylation sites (N-methyl/N-ethyl adjacent to an activating group) is 1. The van der Waals surface area contributed by atoms with Gasteiger partial charge in [0.05, 0.1) is 6.08 Å². The third-order valence-corrected chi connectivity index (χ3v) is 8.28. The summed E-state index contributed by atoms with van der Waals surface area (Å²) >= 11 is 0. The molecule has 1 aliphatic carbocycles. The third kappa shape index (κ3) is 7.60. The highest BCUT2D eigenvalue weighted by Gasteiger charge is 2.69. The summed E-state index contributed by atoms with van der Waals surface area (Å²) < 4.78 is 11.3. The fraction of sp³-hybridized carbons (Fsp3) is 0.265. The number of esters is 2. The predicted molar refractivity (Wildman–Crippen MR) is 170 cm³/mol. The number of benzene rings is 3. The average molecular weight is 682 g/mol. The number of aliphatic carboxylic acids is 1. The fourth-order valence-electron chi connectivity index (χ4n) is 5.72. The van der Waals surface area contributed by atoms with Gasteiger partial charge >= 0.3 is 17.9 Å². The zero-order valence-electron chi connectivity index (χ0n) is 25.9. The molecule has 0 aromatic heterocycles. The lowest BCUT2D eigenvalue weighted by atomic mass is 9.62. The number of rotatable bonds is 11. The van der Waals surface area contributed by atoms with Gasteiger partial charge in [0.2, 0.25) is 5.60 Å². The van der Waals surface area contributed by atoms with Crippen LogP contribution in [0.4, 0.5) is 0 Å². The van der Waals surface area contributed by atoms with Crippen LogP contribution in [0.25, 0.3) is 11.8 Å². The maximum Gasteiger partial charge on any atom is 0.336 e. The van der Waals surface area contributed by atoms with E-state index in [0.717, 1.165) is 42.5 Å². The van der Waals surface area contributed by atoms with E-state index < -0.39 is 88.6 Å². The summed E-state index contributed by atoms with van der Waals surface area (Å²) in [5.41, 5.74) is -5.06. The van der Waals surface area contributed by atoms with E-state index in [1.807, 2.05) is 0 Å². The number of carboxylic acids is 1. The normalized spacial score (nSPS) is 24.7. The van der Waals surface area contributed by atoms with Crippen LogP contribution in [0, 0.1) is 5.92 Å². The van der Waals surface area contributed by atoms with Crippen LogP contribution >= 0.6 is 0 Å². The van der Waals surface area contributed by atoms with E-state index >= 15 is 0 Å². The summed E-state index contributed by atoms with van der Waals surface area (Å²) in [5.74, 6) is -9.06. The molecule has 260 valence electrons. The molecule has 15 heteroatoms. The van der Waals surface area contributed by atoms with Crippen molar-refractivity contribution in [1.29, 1.82) is 0 Å². The topological polar surface area (TPSA) is 264 Å². The Bertz CT molecular complexity index is 1760. The van der Waals surface area contributed by atoms with Gasteiger partial charge in [-0.3, -0.25) is 5.32 Å². The molecule has 0 spiro atoms. The first kappa shape index (κ1) is 36.2. The molecule has 1 fully saturated rings. The number of hydrogen-bond donors (Lipinski definition) is 10. The molecule has 1 saturated carbocycles. The smallest absolute Gasteiger partial charge is 0.336 e. The van der Waals surface area contributed by atoms with E-state index in [9.17, 15) is 60.3 Å². The fourth-order valence-corrected chi connectivity index (χ4v) is 5.72. The van der Waals surface area contributed by atoms with Crippen LogP contribution in [-0.2, 0) is 30.3 Å². The number of ether oxygens (including phenoxy) is 2. The molecule has 0 amide bonds. The van der Waals surface area contributed by atoms with E-state index in [0.29, 0.717) is 11.6 Å². The molecule has 0 radical (unpaired) electrons. The first-order valence-electron chi connectivity index (χ1n) is 14.7. The molecule has 4 rings (SSSR count).